The van der Waals surface area contributed by atoms with Gasteiger partial charge in [0.1, 0.15) is 4.90 Å². The van der Waals surface area contributed by atoms with Crippen LogP contribution in [-0.4, -0.2) is 21.5 Å². The molecule has 5 nitrogen and oxygen atoms in total. The summed E-state index contributed by atoms with van der Waals surface area (Å²) in [6.45, 7) is 2.22. The normalized spacial score (nSPS) is 23.5. The highest BCUT2D eigenvalue weighted by Gasteiger charge is 2.24. The first-order chi connectivity index (χ1) is 8.92. The Kier molecular flexibility index (Phi) is 4.01. The lowest BCUT2D eigenvalue weighted by Gasteiger charge is -2.17. The molecule has 0 spiro atoms. The van der Waals surface area contributed by atoms with E-state index in [2.05, 4.69) is 17.0 Å². The van der Waals surface area contributed by atoms with Crippen LogP contribution in [0.1, 0.15) is 26.2 Å². The molecule has 4 N–H and O–H groups in total. The molecule has 0 saturated heterocycles. The second-order valence-corrected chi connectivity index (χ2v) is 7.08. The average molecular weight is 283 g/mol. The van der Waals surface area contributed by atoms with E-state index in [1.165, 1.54) is 19.5 Å². The number of hydrogen-bond acceptors (Lipinski definition) is 4. The molecular weight excluding hydrogens is 262 g/mol. The number of benzene rings is 1. The number of nitrogen functional groups attached to an aromatic ring is 1. The first-order valence-electron chi connectivity index (χ1n) is 6.52. The van der Waals surface area contributed by atoms with Crippen molar-refractivity contribution in [2.45, 2.75) is 37.1 Å². The predicted molar refractivity (Wildman–Crippen MR) is 77.5 cm³/mol. The fraction of sp³-hybridized carbons (Fsp3) is 0.538. The standard InChI is InChI=1S/C13H21N3O2S/c1-9-3-5-11(7-9)16-12-6-4-10(14)8-13(12)19(17,18)15-2/h4,6,8-9,11,15-16H,3,5,7,14H2,1-2H3. The molecule has 6 heteroatoms. The van der Waals surface area contributed by atoms with Gasteiger partial charge in [0.25, 0.3) is 0 Å². The third-order valence-electron chi connectivity index (χ3n) is 3.62. The zero-order valence-corrected chi connectivity index (χ0v) is 12.1. The van der Waals surface area contributed by atoms with E-state index in [0.717, 1.165) is 12.8 Å². The van der Waals surface area contributed by atoms with Crippen molar-refractivity contribution in [2.75, 3.05) is 18.1 Å². The van der Waals surface area contributed by atoms with Gasteiger partial charge in [-0.05, 0) is 50.4 Å². The van der Waals surface area contributed by atoms with E-state index in [0.29, 0.717) is 23.3 Å². The fourth-order valence-electron chi connectivity index (χ4n) is 2.55. The zero-order valence-electron chi connectivity index (χ0n) is 11.3. The largest absolute Gasteiger partial charge is 0.399 e. The second-order valence-electron chi connectivity index (χ2n) is 5.22. The van der Waals surface area contributed by atoms with Crippen molar-refractivity contribution in [2.24, 2.45) is 5.92 Å². The molecule has 2 unspecified atom stereocenters. The van der Waals surface area contributed by atoms with Crippen LogP contribution in [0.4, 0.5) is 11.4 Å². The lowest BCUT2D eigenvalue weighted by Crippen LogP contribution is -2.23. The molecule has 1 aliphatic rings. The van der Waals surface area contributed by atoms with Crippen LogP contribution < -0.4 is 15.8 Å². The van der Waals surface area contributed by atoms with Gasteiger partial charge in [-0.25, -0.2) is 13.1 Å². The predicted octanol–water partition coefficient (Wildman–Crippen LogP) is 1.78. The number of rotatable bonds is 4. The van der Waals surface area contributed by atoms with Crippen molar-refractivity contribution in [3.63, 3.8) is 0 Å². The summed E-state index contributed by atoms with van der Waals surface area (Å²) < 4.78 is 26.3. The summed E-state index contributed by atoms with van der Waals surface area (Å²) >= 11 is 0. The van der Waals surface area contributed by atoms with Crippen LogP contribution in [0.5, 0.6) is 0 Å². The number of nitrogens with one attached hydrogen (secondary N) is 2. The Balaban J connectivity index is 2.30. The maximum atomic E-state index is 12.0. The Labute approximate surface area is 114 Å². The molecule has 106 valence electrons. The van der Waals surface area contributed by atoms with E-state index in [1.807, 2.05) is 0 Å². The average Bonchev–Trinajstić information content (AvgIpc) is 2.77. The minimum atomic E-state index is -3.50. The van der Waals surface area contributed by atoms with E-state index >= 15 is 0 Å². The molecule has 2 atom stereocenters. The van der Waals surface area contributed by atoms with Crippen molar-refractivity contribution in [3.8, 4) is 0 Å². The molecule has 0 amide bonds. The molecule has 1 saturated carbocycles. The van der Waals surface area contributed by atoms with Crippen LogP contribution in [-0.2, 0) is 10.0 Å². The summed E-state index contributed by atoms with van der Waals surface area (Å²) in [5.41, 5.74) is 6.76. The van der Waals surface area contributed by atoms with Crippen LogP contribution in [0.3, 0.4) is 0 Å². The van der Waals surface area contributed by atoms with Crippen molar-refractivity contribution in [3.05, 3.63) is 18.2 Å². The summed E-state index contributed by atoms with van der Waals surface area (Å²) in [5, 5.41) is 3.33. The lowest BCUT2D eigenvalue weighted by molar-refractivity contribution is 0.588. The quantitative estimate of drug-likeness (QED) is 0.735. The Bertz CT molecular complexity index is 557. The monoisotopic (exact) mass is 283 g/mol. The SMILES string of the molecule is CNS(=O)(=O)c1cc(N)ccc1NC1CCC(C)C1. The van der Waals surface area contributed by atoms with Gasteiger partial charge in [0, 0.05) is 11.7 Å². The van der Waals surface area contributed by atoms with Gasteiger partial charge in [0.15, 0.2) is 0 Å². The summed E-state index contributed by atoms with van der Waals surface area (Å²) in [4.78, 5) is 0.217. The van der Waals surface area contributed by atoms with Crippen molar-refractivity contribution in [1.29, 1.82) is 0 Å². The van der Waals surface area contributed by atoms with Crippen LogP contribution in [0, 0.1) is 5.92 Å². The number of anilines is 2. The fourth-order valence-corrected chi connectivity index (χ4v) is 3.48. The number of hydrogen-bond donors (Lipinski definition) is 3. The molecule has 0 aromatic heterocycles. The van der Waals surface area contributed by atoms with E-state index < -0.39 is 10.0 Å². The topological polar surface area (TPSA) is 84.2 Å². The highest BCUT2D eigenvalue weighted by Crippen LogP contribution is 2.30. The van der Waals surface area contributed by atoms with Gasteiger partial charge in [-0.15, -0.1) is 0 Å². The summed E-state index contributed by atoms with van der Waals surface area (Å²) in [6.07, 6.45) is 3.33. The van der Waals surface area contributed by atoms with E-state index in [9.17, 15) is 8.42 Å². The highest BCUT2D eigenvalue weighted by molar-refractivity contribution is 7.89. The van der Waals surface area contributed by atoms with Gasteiger partial charge >= 0.3 is 0 Å². The number of nitrogens with two attached hydrogens (primary N) is 1. The minimum absolute atomic E-state index is 0.217. The molecule has 2 rings (SSSR count). The first kappa shape index (κ1) is 14.1. The van der Waals surface area contributed by atoms with Crippen molar-refractivity contribution in [1.82, 2.24) is 4.72 Å². The second kappa shape index (κ2) is 5.38. The van der Waals surface area contributed by atoms with Gasteiger partial charge < -0.3 is 11.1 Å². The molecule has 1 aromatic rings. The molecule has 0 heterocycles. The van der Waals surface area contributed by atoms with Gasteiger partial charge in [-0.3, -0.25) is 0 Å². The Morgan fingerprint density at radius 1 is 1.32 bits per heavy atom. The maximum absolute atomic E-state index is 12.0. The van der Waals surface area contributed by atoms with Crippen LogP contribution >= 0.6 is 0 Å². The number of sulfonamides is 1. The van der Waals surface area contributed by atoms with E-state index in [1.54, 1.807) is 12.1 Å². The lowest BCUT2D eigenvalue weighted by atomic mass is 10.1. The van der Waals surface area contributed by atoms with Crippen LogP contribution in [0.2, 0.25) is 0 Å². The smallest absolute Gasteiger partial charge is 0.242 e. The molecule has 19 heavy (non-hydrogen) atoms. The summed E-state index contributed by atoms with van der Waals surface area (Å²) in [5.74, 6) is 0.690. The van der Waals surface area contributed by atoms with Gasteiger partial charge in [-0.2, -0.15) is 0 Å². The summed E-state index contributed by atoms with van der Waals surface area (Å²) in [6, 6.07) is 5.29. The molecule has 1 aromatic carbocycles. The highest BCUT2D eigenvalue weighted by atomic mass is 32.2. The molecular formula is C13H21N3O2S. The third kappa shape index (κ3) is 3.19. The first-order valence-corrected chi connectivity index (χ1v) is 8.00. The third-order valence-corrected chi connectivity index (χ3v) is 5.07. The minimum Gasteiger partial charge on any atom is -0.399 e. The Hall–Kier alpha value is -1.27. The van der Waals surface area contributed by atoms with Crippen LogP contribution in [0.15, 0.2) is 23.1 Å². The molecule has 1 fully saturated rings. The molecule has 0 radical (unpaired) electrons. The molecule has 0 aliphatic heterocycles. The molecule has 1 aliphatic carbocycles. The van der Waals surface area contributed by atoms with Gasteiger partial charge in [0.2, 0.25) is 10.0 Å². The molecule has 0 bridgehead atoms. The Morgan fingerprint density at radius 3 is 2.63 bits per heavy atom. The zero-order chi connectivity index (χ0) is 14.0. The van der Waals surface area contributed by atoms with Crippen molar-refractivity contribution < 1.29 is 8.42 Å². The maximum Gasteiger partial charge on any atom is 0.242 e. The van der Waals surface area contributed by atoms with E-state index in [4.69, 9.17) is 5.73 Å². The summed E-state index contributed by atoms with van der Waals surface area (Å²) in [7, 11) is -2.10. The Morgan fingerprint density at radius 2 is 2.05 bits per heavy atom. The van der Waals surface area contributed by atoms with Crippen LogP contribution in [0.25, 0.3) is 0 Å². The van der Waals surface area contributed by atoms with Crippen molar-refractivity contribution >= 4 is 21.4 Å². The van der Waals surface area contributed by atoms with Gasteiger partial charge in [-0.1, -0.05) is 6.92 Å². The van der Waals surface area contributed by atoms with E-state index in [-0.39, 0.29) is 4.90 Å². The van der Waals surface area contributed by atoms with Gasteiger partial charge in [0.05, 0.1) is 5.69 Å².